The molecule has 132 valence electrons. The van der Waals surface area contributed by atoms with Gasteiger partial charge in [-0.05, 0) is 37.3 Å². The summed E-state index contributed by atoms with van der Waals surface area (Å²) < 4.78 is 6.82. The Morgan fingerprint density at radius 1 is 1.38 bits per heavy atom. The number of nitrogens with zero attached hydrogens (tertiary/aromatic N) is 2. The van der Waals surface area contributed by atoms with Crippen LogP contribution in [-0.2, 0) is 11.8 Å². The van der Waals surface area contributed by atoms with Gasteiger partial charge in [0.2, 0.25) is 0 Å². The topological polar surface area (TPSA) is 71.8 Å². The highest BCUT2D eigenvalue weighted by Crippen LogP contribution is 2.39. The molecule has 1 aromatic rings. The number of carbonyl (C=O) groups is 1. The summed E-state index contributed by atoms with van der Waals surface area (Å²) in [6.07, 6.45) is 3.93. The molecule has 6 nitrogen and oxygen atoms in total. The average Bonchev–Trinajstić information content (AvgIpc) is 2.60. The lowest BCUT2D eigenvalue weighted by Crippen LogP contribution is -2.57. The minimum absolute atomic E-state index is 0.0223. The number of aliphatic hydroxyl groups is 1. The molecule has 2 aliphatic rings. The SMILES string of the molecule is CC1CN(C(=O)c2cccn(C)c2=O)CCC1(O)C1CCOCC1. The summed E-state index contributed by atoms with van der Waals surface area (Å²) in [6, 6.07) is 3.29. The molecule has 3 heterocycles. The molecule has 0 radical (unpaired) electrons. The van der Waals surface area contributed by atoms with Crippen LogP contribution in [0.15, 0.2) is 23.1 Å². The summed E-state index contributed by atoms with van der Waals surface area (Å²) in [5.74, 6) is -0.0361. The van der Waals surface area contributed by atoms with Gasteiger partial charge in [-0.2, -0.15) is 0 Å². The maximum absolute atomic E-state index is 12.7. The van der Waals surface area contributed by atoms with Crippen LogP contribution in [0.3, 0.4) is 0 Å². The minimum Gasteiger partial charge on any atom is -0.389 e. The second-order valence-electron chi connectivity index (χ2n) is 7.12. The molecule has 0 aromatic carbocycles. The van der Waals surface area contributed by atoms with Crippen molar-refractivity contribution in [1.29, 1.82) is 0 Å². The van der Waals surface area contributed by atoms with Crippen LogP contribution in [0, 0.1) is 11.8 Å². The summed E-state index contributed by atoms with van der Waals surface area (Å²) >= 11 is 0. The van der Waals surface area contributed by atoms with Crippen molar-refractivity contribution in [1.82, 2.24) is 9.47 Å². The lowest BCUT2D eigenvalue weighted by molar-refractivity contribution is -0.125. The van der Waals surface area contributed by atoms with Crippen molar-refractivity contribution in [3.8, 4) is 0 Å². The van der Waals surface area contributed by atoms with E-state index in [0.29, 0.717) is 32.7 Å². The van der Waals surface area contributed by atoms with Crippen molar-refractivity contribution in [3.63, 3.8) is 0 Å². The van der Waals surface area contributed by atoms with Crippen molar-refractivity contribution in [2.75, 3.05) is 26.3 Å². The highest BCUT2D eigenvalue weighted by molar-refractivity contribution is 5.93. The fraction of sp³-hybridized carbons (Fsp3) is 0.667. The number of hydrogen-bond acceptors (Lipinski definition) is 4. The van der Waals surface area contributed by atoms with Crippen LogP contribution in [-0.4, -0.2) is 52.4 Å². The first-order valence-corrected chi connectivity index (χ1v) is 8.68. The second-order valence-corrected chi connectivity index (χ2v) is 7.12. The summed E-state index contributed by atoms with van der Waals surface area (Å²) in [5, 5.41) is 11.2. The number of aromatic nitrogens is 1. The molecule has 1 N–H and O–H groups in total. The number of pyridine rings is 1. The Morgan fingerprint density at radius 2 is 2.08 bits per heavy atom. The fourth-order valence-corrected chi connectivity index (χ4v) is 4.06. The van der Waals surface area contributed by atoms with Crippen molar-refractivity contribution in [2.24, 2.45) is 18.9 Å². The van der Waals surface area contributed by atoms with Crippen LogP contribution < -0.4 is 5.56 Å². The zero-order chi connectivity index (χ0) is 17.3. The molecular weight excluding hydrogens is 308 g/mol. The summed E-state index contributed by atoms with van der Waals surface area (Å²) in [7, 11) is 1.64. The summed E-state index contributed by atoms with van der Waals surface area (Å²) in [5.41, 5.74) is -0.827. The van der Waals surface area contributed by atoms with E-state index < -0.39 is 5.60 Å². The molecule has 24 heavy (non-hydrogen) atoms. The highest BCUT2D eigenvalue weighted by Gasteiger charge is 2.46. The molecule has 1 amide bonds. The zero-order valence-electron chi connectivity index (χ0n) is 14.4. The summed E-state index contributed by atoms with van der Waals surface area (Å²) in [4.78, 5) is 26.6. The van der Waals surface area contributed by atoms with Crippen LogP contribution >= 0.6 is 0 Å². The van der Waals surface area contributed by atoms with Crippen molar-refractivity contribution in [2.45, 2.75) is 31.8 Å². The molecule has 6 heteroatoms. The van der Waals surface area contributed by atoms with Gasteiger partial charge in [0.1, 0.15) is 5.56 Å². The monoisotopic (exact) mass is 334 g/mol. The van der Waals surface area contributed by atoms with Gasteiger partial charge in [0.25, 0.3) is 11.5 Å². The maximum Gasteiger partial charge on any atom is 0.263 e. The smallest absolute Gasteiger partial charge is 0.263 e. The fourth-order valence-electron chi connectivity index (χ4n) is 4.06. The van der Waals surface area contributed by atoms with Crippen LogP contribution in [0.25, 0.3) is 0 Å². The highest BCUT2D eigenvalue weighted by atomic mass is 16.5. The van der Waals surface area contributed by atoms with Crippen molar-refractivity contribution in [3.05, 3.63) is 34.2 Å². The molecule has 0 spiro atoms. The Kier molecular flexibility index (Phi) is 4.78. The molecule has 1 aromatic heterocycles. The molecule has 0 bridgehead atoms. The van der Waals surface area contributed by atoms with E-state index in [1.165, 1.54) is 4.57 Å². The van der Waals surface area contributed by atoms with Crippen LogP contribution in [0.5, 0.6) is 0 Å². The third kappa shape index (κ3) is 3.00. The largest absolute Gasteiger partial charge is 0.389 e. The predicted octanol–water partition coefficient (Wildman–Crippen LogP) is 1.02. The van der Waals surface area contributed by atoms with E-state index >= 15 is 0 Å². The molecule has 2 aliphatic heterocycles. The Bertz CT molecular complexity index is 665. The number of amides is 1. The third-order valence-electron chi connectivity index (χ3n) is 5.70. The molecule has 0 aliphatic carbocycles. The van der Waals surface area contributed by atoms with Gasteiger partial charge in [-0.3, -0.25) is 9.59 Å². The molecule has 2 fully saturated rings. The molecule has 2 unspecified atom stereocenters. The average molecular weight is 334 g/mol. The Labute approximate surface area is 142 Å². The molecule has 3 rings (SSSR count). The van der Waals surface area contributed by atoms with E-state index in [2.05, 4.69) is 0 Å². The first kappa shape index (κ1) is 17.2. The number of ether oxygens (including phenoxy) is 1. The van der Waals surface area contributed by atoms with Gasteiger partial charge in [-0.25, -0.2) is 0 Å². The Morgan fingerprint density at radius 3 is 2.75 bits per heavy atom. The quantitative estimate of drug-likeness (QED) is 0.877. The second kappa shape index (κ2) is 6.69. The van der Waals surface area contributed by atoms with E-state index in [9.17, 15) is 14.7 Å². The number of carbonyl (C=O) groups excluding carboxylic acids is 1. The molecule has 2 atom stereocenters. The van der Waals surface area contributed by atoms with Gasteiger partial charge < -0.3 is 19.3 Å². The minimum atomic E-state index is -0.748. The van der Waals surface area contributed by atoms with E-state index in [1.807, 2.05) is 6.92 Å². The summed E-state index contributed by atoms with van der Waals surface area (Å²) in [6.45, 7) is 4.35. The first-order valence-electron chi connectivity index (χ1n) is 8.68. The maximum atomic E-state index is 12.7. The van der Waals surface area contributed by atoms with Gasteiger partial charge >= 0.3 is 0 Å². The van der Waals surface area contributed by atoms with Crippen LogP contribution in [0.1, 0.15) is 36.5 Å². The number of rotatable bonds is 2. The van der Waals surface area contributed by atoms with Gasteiger partial charge in [0, 0.05) is 45.5 Å². The van der Waals surface area contributed by atoms with Crippen molar-refractivity contribution < 1.29 is 14.6 Å². The molecule has 0 saturated carbocycles. The number of piperidine rings is 1. The lowest BCUT2D eigenvalue weighted by Gasteiger charge is -2.48. The van der Waals surface area contributed by atoms with Crippen LogP contribution in [0.2, 0.25) is 0 Å². The molecular formula is C18H26N2O4. The number of hydrogen-bond donors (Lipinski definition) is 1. The van der Waals surface area contributed by atoms with Crippen LogP contribution in [0.4, 0.5) is 0 Å². The lowest BCUT2D eigenvalue weighted by atomic mass is 9.70. The number of likely N-dealkylation sites (tertiary alicyclic amines) is 1. The predicted molar refractivity (Wildman–Crippen MR) is 89.9 cm³/mol. The van der Waals surface area contributed by atoms with E-state index in [1.54, 1.807) is 30.3 Å². The number of aryl methyl sites for hydroxylation is 1. The van der Waals surface area contributed by atoms with Gasteiger partial charge in [-0.1, -0.05) is 6.92 Å². The Balaban J connectivity index is 1.74. The van der Waals surface area contributed by atoms with E-state index in [0.717, 1.165) is 12.8 Å². The van der Waals surface area contributed by atoms with E-state index in [-0.39, 0.29) is 28.9 Å². The Hall–Kier alpha value is -1.66. The van der Waals surface area contributed by atoms with Gasteiger partial charge in [0.15, 0.2) is 0 Å². The first-order chi connectivity index (χ1) is 11.4. The normalized spacial score (nSPS) is 28.8. The van der Waals surface area contributed by atoms with Crippen molar-refractivity contribution >= 4 is 5.91 Å². The zero-order valence-corrected chi connectivity index (χ0v) is 14.4. The van der Waals surface area contributed by atoms with Gasteiger partial charge in [-0.15, -0.1) is 0 Å². The molecule has 2 saturated heterocycles. The standard InChI is InChI=1S/C18H26N2O4/c1-13-12-20(17(22)15-4-3-8-19(2)16(15)21)9-7-18(13,23)14-5-10-24-11-6-14/h3-4,8,13-14,23H,5-7,9-12H2,1-2H3. The van der Waals surface area contributed by atoms with Gasteiger partial charge in [0.05, 0.1) is 5.60 Å². The third-order valence-corrected chi connectivity index (χ3v) is 5.70. The van der Waals surface area contributed by atoms with E-state index in [4.69, 9.17) is 4.74 Å².